The van der Waals surface area contributed by atoms with Crippen LogP contribution in [0.3, 0.4) is 0 Å². The molecule has 0 fully saturated rings. The maximum Gasteiger partial charge on any atom is 0.195 e. The number of Topliss-reactive ketones (excluding diaryl/α,β-unsaturated/α-hetero) is 1. The number of ketones is 1. The number of benzene rings is 1. The second kappa shape index (κ2) is 5.97. The van der Waals surface area contributed by atoms with Gasteiger partial charge in [0.2, 0.25) is 0 Å². The first-order valence-electron chi connectivity index (χ1n) is 4.55. The standard InChI is InChI=1S/C11H11FO4/c1-15-6-9(14)7-16-11-3-2-8(5-13)4-10(11)12/h2-5H,6-7H2,1H3. The molecule has 1 aromatic carbocycles. The van der Waals surface area contributed by atoms with E-state index in [9.17, 15) is 14.0 Å². The highest BCUT2D eigenvalue weighted by Crippen LogP contribution is 2.17. The summed E-state index contributed by atoms with van der Waals surface area (Å²) in [6.07, 6.45) is 0.531. The lowest BCUT2D eigenvalue weighted by Crippen LogP contribution is -2.16. The molecule has 0 radical (unpaired) electrons. The molecule has 1 aromatic rings. The monoisotopic (exact) mass is 226 g/mol. The molecule has 0 spiro atoms. The van der Waals surface area contributed by atoms with Gasteiger partial charge in [0.25, 0.3) is 0 Å². The fourth-order valence-corrected chi connectivity index (χ4v) is 1.07. The van der Waals surface area contributed by atoms with Gasteiger partial charge in [-0.1, -0.05) is 0 Å². The smallest absolute Gasteiger partial charge is 0.195 e. The van der Waals surface area contributed by atoms with Gasteiger partial charge in [-0.2, -0.15) is 0 Å². The Morgan fingerprint density at radius 2 is 2.19 bits per heavy atom. The Balaban J connectivity index is 2.60. The molecule has 0 aromatic heterocycles. The minimum absolute atomic E-state index is 0.0601. The van der Waals surface area contributed by atoms with E-state index in [1.54, 1.807) is 0 Å². The summed E-state index contributed by atoms with van der Waals surface area (Å²) in [5.74, 6) is -1.02. The Kier molecular flexibility index (Phi) is 4.60. The van der Waals surface area contributed by atoms with Crippen LogP contribution < -0.4 is 4.74 Å². The maximum atomic E-state index is 13.2. The predicted octanol–water partition coefficient (Wildman–Crippen LogP) is 1.23. The van der Waals surface area contributed by atoms with E-state index in [4.69, 9.17) is 4.74 Å². The van der Waals surface area contributed by atoms with Crippen LogP contribution in [-0.4, -0.2) is 32.4 Å². The van der Waals surface area contributed by atoms with Crippen LogP contribution in [0.1, 0.15) is 10.4 Å². The summed E-state index contributed by atoms with van der Waals surface area (Å²) in [6.45, 7) is -0.334. The topological polar surface area (TPSA) is 52.6 Å². The Labute approximate surface area is 92.0 Å². The van der Waals surface area contributed by atoms with Crippen LogP contribution >= 0.6 is 0 Å². The fourth-order valence-electron chi connectivity index (χ4n) is 1.07. The van der Waals surface area contributed by atoms with Gasteiger partial charge in [-0.15, -0.1) is 0 Å². The third-order valence-corrected chi connectivity index (χ3v) is 1.79. The van der Waals surface area contributed by atoms with Gasteiger partial charge in [-0.05, 0) is 18.2 Å². The number of rotatable bonds is 6. The Morgan fingerprint density at radius 3 is 2.75 bits per heavy atom. The van der Waals surface area contributed by atoms with E-state index in [0.29, 0.717) is 6.29 Å². The molecule has 0 amide bonds. The van der Waals surface area contributed by atoms with Crippen molar-refractivity contribution >= 4 is 12.1 Å². The normalized spacial score (nSPS) is 9.88. The van der Waals surface area contributed by atoms with Gasteiger partial charge < -0.3 is 9.47 Å². The van der Waals surface area contributed by atoms with E-state index in [-0.39, 0.29) is 30.3 Å². The minimum Gasteiger partial charge on any atom is -0.483 e. The molecule has 0 bridgehead atoms. The highest BCUT2D eigenvalue weighted by molar-refractivity contribution is 5.81. The summed E-state index contributed by atoms with van der Waals surface area (Å²) in [6, 6.07) is 3.76. The molecule has 4 nitrogen and oxygen atoms in total. The van der Waals surface area contributed by atoms with Crippen molar-refractivity contribution in [1.29, 1.82) is 0 Å². The largest absolute Gasteiger partial charge is 0.483 e. The zero-order chi connectivity index (χ0) is 12.0. The van der Waals surface area contributed by atoms with Crippen LogP contribution in [0.4, 0.5) is 4.39 Å². The van der Waals surface area contributed by atoms with Crippen LogP contribution in [-0.2, 0) is 9.53 Å². The molecule has 0 aliphatic carbocycles. The predicted molar refractivity (Wildman–Crippen MR) is 54.2 cm³/mol. The molecule has 0 heterocycles. The molecule has 0 aliphatic heterocycles. The van der Waals surface area contributed by atoms with Gasteiger partial charge in [0.1, 0.15) is 19.5 Å². The first-order valence-corrected chi connectivity index (χ1v) is 4.55. The van der Waals surface area contributed by atoms with Gasteiger partial charge >= 0.3 is 0 Å². The number of hydrogen-bond donors (Lipinski definition) is 0. The van der Waals surface area contributed by atoms with E-state index in [1.807, 2.05) is 0 Å². The lowest BCUT2D eigenvalue weighted by atomic mass is 10.2. The van der Waals surface area contributed by atoms with Crippen molar-refractivity contribution in [2.24, 2.45) is 0 Å². The number of carbonyl (C=O) groups excluding carboxylic acids is 2. The summed E-state index contributed by atoms with van der Waals surface area (Å²) in [7, 11) is 1.39. The molecule has 0 saturated carbocycles. The van der Waals surface area contributed by atoms with Crippen molar-refractivity contribution in [3.8, 4) is 5.75 Å². The first-order chi connectivity index (χ1) is 7.67. The highest BCUT2D eigenvalue weighted by Gasteiger charge is 2.07. The van der Waals surface area contributed by atoms with E-state index in [0.717, 1.165) is 6.07 Å². The second-order valence-electron chi connectivity index (χ2n) is 3.07. The van der Waals surface area contributed by atoms with E-state index >= 15 is 0 Å². The zero-order valence-electron chi connectivity index (χ0n) is 8.73. The average molecular weight is 226 g/mol. The number of hydrogen-bond acceptors (Lipinski definition) is 4. The Hall–Kier alpha value is -1.75. The summed E-state index contributed by atoms with van der Waals surface area (Å²) in [4.78, 5) is 21.4. The number of aldehydes is 1. The summed E-state index contributed by atoms with van der Waals surface area (Å²) in [5, 5.41) is 0. The number of carbonyl (C=O) groups is 2. The average Bonchev–Trinajstić information content (AvgIpc) is 2.27. The lowest BCUT2D eigenvalue weighted by Gasteiger charge is -2.06. The third-order valence-electron chi connectivity index (χ3n) is 1.79. The Bertz CT molecular complexity index is 390. The lowest BCUT2D eigenvalue weighted by molar-refractivity contribution is -0.124. The van der Waals surface area contributed by atoms with Crippen LogP contribution in [0, 0.1) is 5.82 Å². The quantitative estimate of drug-likeness (QED) is 0.684. The molecule has 5 heteroatoms. The summed E-state index contributed by atoms with van der Waals surface area (Å²) in [5.41, 5.74) is 0.216. The van der Waals surface area contributed by atoms with E-state index in [1.165, 1.54) is 19.2 Å². The molecule has 0 saturated heterocycles. The Morgan fingerprint density at radius 1 is 1.44 bits per heavy atom. The van der Waals surface area contributed by atoms with Crippen molar-refractivity contribution in [3.05, 3.63) is 29.6 Å². The van der Waals surface area contributed by atoms with Crippen molar-refractivity contribution < 1.29 is 23.5 Å². The third kappa shape index (κ3) is 3.43. The van der Waals surface area contributed by atoms with Gasteiger partial charge in [-0.3, -0.25) is 9.59 Å². The zero-order valence-corrected chi connectivity index (χ0v) is 8.73. The first kappa shape index (κ1) is 12.3. The molecule has 0 N–H and O–H groups in total. The highest BCUT2D eigenvalue weighted by atomic mass is 19.1. The maximum absolute atomic E-state index is 13.2. The summed E-state index contributed by atoms with van der Waals surface area (Å²) >= 11 is 0. The van der Waals surface area contributed by atoms with Crippen LogP contribution in [0.25, 0.3) is 0 Å². The SMILES string of the molecule is COCC(=O)COc1ccc(C=O)cc1F. The minimum atomic E-state index is -0.671. The molecule has 16 heavy (non-hydrogen) atoms. The van der Waals surface area contributed by atoms with Crippen molar-refractivity contribution in [3.63, 3.8) is 0 Å². The van der Waals surface area contributed by atoms with Crippen molar-refractivity contribution in [1.82, 2.24) is 0 Å². The van der Waals surface area contributed by atoms with E-state index < -0.39 is 5.82 Å². The van der Waals surface area contributed by atoms with E-state index in [2.05, 4.69) is 4.74 Å². The van der Waals surface area contributed by atoms with Gasteiger partial charge in [0.15, 0.2) is 17.3 Å². The molecule has 1 rings (SSSR count). The molecule has 0 aliphatic rings. The van der Waals surface area contributed by atoms with Crippen LogP contribution in [0.5, 0.6) is 5.75 Å². The van der Waals surface area contributed by atoms with Gasteiger partial charge in [0.05, 0.1) is 0 Å². The molecular formula is C11H11FO4. The molecule has 0 atom stereocenters. The van der Waals surface area contributed by atoms with Crippen LogP contribution in [0.2, 0.25) is 0 Å². The van der Waals surface area contributed by atoms with Crippen molar-refractivity contribution in [2.75, 3.05) is 20.3 Å². The van der Waals surface area contributed by atoms with Gasteiger partial charge in [0, 0.05) is 12.7 Å². The fraction of sp³-hybridized carbons (Fsp3) is 0.273. The molecule has 0 unspecified atom stereocenters. The summed E-state index contributed by atoms with van der Waals surface area (Å²) < 4.78 is 22.8. The second-order valence-corrected chi connectivity index (χ2v) is 3.07. The number of halogens is 1. The molecular weight excluding hydrogens is 215 g/mol. The van der Waals surface area contributed by atoms with Gasteiger partial charge in [-0.25, -0.2) is 4.39 Å². The van der Waals surface area contributed by atoms with Crippen LogP contribution in [0.15, 0.2) is 18.2 Å². The van der Waals surface area contributed by atoms with Crippen molar-refractivity contribution in [2.45, 2.75) is 0 Å². The number of ether oxygens (including phenoxy) is 2. The molecule has 86 valence electrons. The number of methoxy groups -OCH3 is 1.